The first-order chi connectivity index (χ1) is 5.16. The van der Waals surface area contributed by atoms with Gasteiger partial charge in [-0.2, -0.15) is 0 Å². The van der Waals surface area contributed by atoms with Crippen LogP contribution in [0.2, 0.25) is 0 Å². The van der Waals surface area contributed by atoms with Crippen LogP contribution in [0.4, 0.5) is 0 Å². The normalized spacial score (nSPS) is 24.4. The number of carbonyl (C=O) groups is 2. The van der Waals surface area contributed by atoms with Gasteiger partial charge in [-0.1, -0.05) is 6.92 Å². The lowest BCUT2D eigenvalue weighted by Gasteiger charge is -2.07. The molecule has 0 aromatic rings. The molecule has 0 aromatic carbocycles. The van der Waals surface area contributed by atoms with Gasteiger partial charge in [-0.25, -0.2) is 0 Å². The molecule has 0 unspecified atom stereocenters. The topological polar surface area (TPSA) is 37.4 Å². The van der Waals surface area contributed by atoms with Gasteiger partial charge in [0.05, 0.1) is 5.92 Å². The van der Waals surface area contributed by atoms with Crippen molar-refractivity contribution in [2.45, 2.75) is 19.8 Å². The van der Waals surface area contributed by atoms with Crippen LogP contribution in [0.25, 0.3) is 0 Å². The Bertz CT molecular complexity index is 189. The standard InChI is InChI=1S/C8H13NO2/c1-3-7(10)6-4-5-9(2)8(6)11/h6H,3-5H2,1-2H3/t6-/m1/s1. The number of amides is 1. The monoisotopic (exact) mass is 155 g/mol. The van der Waals surface area contributed by atoms with Gasteiger partial charge in [0, 0.05) is 20.0 Å². The minimum Gasteiger partial charge on any atom is -0.345 e. The minimum absolute atomic E-state index is 0.00292. The van der Waals surface area contributed by atoms with Crippen LogP contribution >= 0.6 is 0 Å². The van der Waals surface area contributed by atoms with Crippen LogP contribution in [-0.4, -0.2) is 30.2 Å². The van der Waals surface area contributed by atoms with E-state index in [0.29, 0.717) is 12.8 Å². The van der Waals surface area contributed by atoms with E-state index in [1.165, 1.54) is 0 Å². The Morgan fingerprint density at radius 1 is 1.73 bits per heavy atom. The van der Waals surface area contributed by atoms with Crippen molar-refractivity contribution in [2.24, 2.45) is 5.92 Å². The lowest BCUT2D eigenvalue weighted by molar-refractivity contribution is -0.135. The molecule has 1 aliphatic heterocycles. The smallest absolute Gasteiger partial charge is 0.232 e. The second-order valence-corrected chi connectivity index (χ2v) is 2.92. The molecule has 1 heterocycles. The van der Waals surface area contributed by atoms with Gasteiger partial charge in [0.1, 0.15) is 5.78 Å². The summed E-state index contributed by atoms with van der Waals surface area (Å²) in [5.41, 5.74) is 0. The van der Waals surface area contributed by atoms with Crippen molar-refractivity contribution >= 4 is 11.7 Å². The van der Waals surface area contributed by atoms with Gasteiger partial charge in [-0.3, -0.25) is 9.59 Å². The number of nitrogens with zero attached hydrogens (tertiary/aromatic N) is 1. The summed E-state index contributed by atoms with van der Waals surface area (Å²) in [6.45, 7) is 2.53. The van der Waals surface area contributed by atoms with Crippen molar-refractivity contribution in [2.75, 3.05) is 13.6 Å². The van der Waals surface area contributed by atoms with Crippen molar-refractivity contribution in [3.8, 4) is 0 Å². The second-order valence-electron chi connectivity index (χ2n) is 2.92. The molecule has 3 heteroatoms. The van der Waals surface area contributed by atoms with Gasteiger partial charge in [-0.15, -0.1) is 0 Å². The molecule has 0 saturated carbocycles. The number of rotatable bonds is 2. The van der Waals surface area contributed by atoms with E-state index in [9.17, 15) is 9.59 Å². The lowest BCUT2D eigenvalue weighted by Crippen LogP contribution is -2.26. The maximum Gasteiger partial charge on any atom is 0.232 e. The van der Waals surface area contributed by atoms with E-state index >= 15 is 0 Å². The molecule has 1 fully saturated rings. The zero-order valence-electron chi connectivity index (χ0n) is 6.96. The maximum absolute atomic E-state index is 11.2. The molecule has 1 rings (SSSR count). The van der Waals surface area contributed by atoms with E-state index in [2.05, 4.69) is 0 Å². The highest BCUT2D eigenvalue weighted by atomic mass is 16.2. The average molecular weight is 155 g/mol. The number of hydrogen-bond donors (Lipinski definition) is 0. The Morgan fingerprint density at radius 3 is 2.73 bits per heavy atom. The third-order valence-corrected chi connectivity index (χ3v) is 2.16. The molecule has 11 heavy (non-hydrogen) atoms. The summed E-state index contributed by atoms with van der Waals surface area (Å²) in [6.07, 6.45) is 1.19. The summed E-state index contributed by atoms with van der Waals surface area (Å²) in [5.74, 6) is -0.249. The van der Waals surface area contributed by atoms with Gasteiger partial charge in [-0.05, 0) is 6.42 Å². The zero-order chi connectivity index (χ0) is 8.43. The van der Waals surface area contributed by atoms with Gasteiger partial charge in [0.15, 0.2) is 0 Å². The van der Waals surface area contributed by atoms with Crippen molar-refractivity contribution < 1.29 is 9.59 Å². The lowest BCUT2D eigenvalue weighted by atomic mass is 10.0. The maximum atomic E-state index is 11.2. The van der Waals surface area contributed by atoms with E-state index in [1.54, 1.807) is 18.9 Å². The van der Waals surface area contributed by atoms with E-state index in [1.807, 2.05) is 0 Å². The number of Topliss-reactive ketones (excluding diaryl/α,β-unsaturated/α-hetero) is 1. The van der Waals surface area contributed by atoms with Crippen LogP contribution in [0.1, 0.15) is 19.8 Å². The van der Waals surface area contributed by atoms with E-state index in [4.69, 9.17) is 0 Å². The third-order valence-electron chi connectivity index (χ3n) is 2.16. The Balaban J connectivity index is 2.62. The van der Waals surface area contributed by atoms with Crippen LogP contribution in [0.3, 0.4) is 0 Å². The fourth-order valence-corrected chi connectivity index (χ4v) is 1.37. The second kappa shape index (κ2) is 3.03. The number of carbonyl (C=O) groups excluding carboxylic acids is 2. The molecule has 1 aliphatic rings. The number of hydrogen-bond acceptors (Lipinski definition) is 2. The SMILES string of the molecule is CCC(=O)[C@H]1CCN(C)C1=O. The van der Waals surface area contributed by atoms with Gasteiger partial charge in [0.2, 0.25) is 5.91 Å². The first-order valence-corrected chi connectivity index (χ1v) is 3.94. The van der Waals surface area contributed by atoms with E-state index < -0.39 is 0 Å². The Kier molecular flexibility index (Phi) is 2.27. The molecule has 0 N–H and O–H groups in total. The van der Waals surface area contributed by atoms with E-state index in [0.717, 1.165) is 6.54 Å². The molecular formula is C8H13NO2. The number of likely N-dealkylation sites (tertiary alicyclic amines) is 1. The zero-order valence-corrected chi connectivity index (χ0v) is 6.96. The summed E-state index contributed by atoms with van der Waals surface area (Å²) < 4.78 is 0. The quantitative estimate of drug-likeness (QED) is 0.543. The molecule has 0 bridgehead atoms. The summed E-state index contributed by atoms with van der Waals surface area (Å²) in [5, 5.41) is 0. The average Bonchev–Trinajstić information content (AvgIpc) is 2.32. The van der Waals surface area contributed by atoms with Crippen LogP contribution in [0.15, 0.2) is 0 Å². The Hall–Kier alpha value is -0.860. The summed E-state index contributed by atoms with van der Waals surface area (Å²) in [7, 11) is 1.74. The van der Waals surface area contributed by atoms with Crippen molar-refractivity contribution in [3.05, 3.63) is 0 Å². The molecule has 62 valence electrons. The van der Waals surface area contributed by atoms with Gasteiger partial charge in [0.25, 0.3) is 0 Å². The molecule has 1 saturated heterocycles. The highest BCUT2D eigenvalue weighted by Gasteiger charge is 2.33. The Labute approximate surface area is 66.4 Å². The summed E-state index contributed by atoms with van der Waals surface area (Å²) >= 11 is 0. The number of ketones is 1. The molecular weight excluding hydrogens is 142 g/mol. The molecule has 0 spiro atoms. The molecule has 1 atom stereocenters. The molecule has 1 amide bonds. The van der Waals surface area contributed by atoms with Gasteiger partial charge >= 0.3 is 0 Å². The Morgan fingerprint density at radius 2 is 2.36 bits per heavy atom. The fraction of sp³-hybridized carbons (Fsp3) is 0.750. The van der Waals surface area contributed by atoms with Crippen LogP contribution < -0.4 is 0 Å². The van der Waals surface area contributed by atoms with Crippen molar-refractivity contribution in [1.82, 2.24) is 4.90 Å². The molecule has 0 aromatic heterocycles. The first kappa shape index (κ1) is 8.24. The highest BCUT2D eigenvalue weighted by Crippen LogP contribution is 2.17. The predicted molar refractivity (Wildman–Crippen MR) is 41.0 cm³/mol. The van der Waals surface area contributed by atoms with Crippen molar-refractivity contribution in [3.63, 3.8) is 0 Å². The van der Waals surface area contributed by atoms with Crippen molar-refractivity contribution in [1.29, 1.82) is 0 Å². The molecule has 0 radical (unpaired) electrons. The third kappa shape index (κ3) is 1.42. The van der Waals surface area contributed by atoms with E-state index in [-0.39, 0.29) is 17.6 Å². The molecule has 3 nitrogen and oxygen atoms in total. The highest BCUT2D eigenvalue weighted by molar-refractivity contribution is 6.02. The van der Waals surface area contributed by atoms with Crippen LogP contribution in [0, 0.1) is 5.92 Å². The van der Waals surface area contributed by atoms with Crippen LogP contribution in [-0.2, 0) is 9.59 Å². The van der Waals surface area contributed by atoms with Gasteiger partial charge < -0.3 is 4.90 Å². The predicted octanol–water partition coefficient (Wildman–Crippen LogP) is 0.444. The summed E-state index contributed by atoms with van der Waals surface area (Å²) in [4.78, 5) is 24.0. The first-order valence-electron chi connectivity index (χ1n) is 3.94. The minimum atomic E-state index is -0.329. The van der Waals surface area contributed by atoms with Crippen LogP contribution in [0.5, 0.6) is 0 Å². The fourth-order valence-electron chi connectivity index (χ4n) is 1.37. The molecule has 0 aliphatic carbocycles. The summed E-state index contributed by atoms with van der Waals surface area (Å²) in [6, 6.07) is 0. The largest absolute Gasteiger partial charge is 0.345 e.